The van der Waals surface area contributed by atoms with Crippen molar-refractivity contribution in [3.05, 3.63) is 5.82 Å². The summed E-state index contributed by atoms with van der Waals surface area (Å²) in [5.74, 6) is 0.0268. The van der Waals surface area contributed by atoms with Crippen LogP contribution in [0.15, 0.2) is 0 Å². The van der Waals surface area contributed by atoms with E-state index >= 15 is 0 Å². The number of hydrogen-bond donors (Lipinski definition) is 1. The Morgan fingerprint density at radius 3 is 2.95 bits per heavy atom. The van der Waals surface area contributed by atoms with E-state index in [2.05, 4.69) is 19.9 Å². The monoisotopic (exact) mass is 298 g/mol. The van der Waals surface area contributed by atoms with Crippen molar-refractivity contribution in [2.45, 2.75) is 13.3 Å². The number of methoxy groups -OCH3 is 1. The van der Waals surface area contributed by atoms with Crippen molar-refractivity contribution >= 4 is 34.7 Å². The van der Waals surface area contributed by atoms with Gasteiger partial charge in [-0.2, -0.15) is 4.98 Å². The van der Waals surface area contributed by atoms with E-state index in [4.69, 9.17) is 0 Å². The van der Waals surface area contributed by atoms with Crippen molar-refractivity contribution in [1.82, 2.24) is 15.2 Å². The average molecular weight is 298 g/mol. The topological polar surface area (TPSA) is 105 Å². The van der Waals surface area contributed by atoms with Gasteiger partial charge in [0, 0.05) is 25.6 Å². The van der Waals surface area contributed by atoms with E-state index in [1.54, 1.807) is 0 Å². The summed E-state index contributed by atoms with van der Waals surface area (Å²) in [6.07, 6.45) is 0.350. The first-order chi connectivity index (χ1) is 9.51. The molecule has 0 spiro atoms. The Hall–Kier alpha value is -1.90. The van der Waals surface area contributed by atoms with Gasteiger partial charge in [0.15, 0.2) is 5.12 Å². The minimum Gasteiger partial charge on any atom is -0.463 e. The normalized spacial score (nSPS) is 18.4. The van der Waals surface area contributed by atoms with Crippen LogP contribution in [0, 0.1) is 5.92 Å². The molecule has 1 aromatic rings. The van der Waals surface area contributed by atoms with Gasteiger partial charge >= 0.3 is 5.97 Å². The number of nitrogens with one attached hydrogen (secondary N) is 1. The van der Waals surface area contributed by atoms with Crippen LogP contribution in [0.4, 0.5) is 5.95 Å². The first-order valence-corrected chi connectivity index (χ1v) is 6.94. The maximum atomic E-state index is 11.9. The molecule has 1 aromatic heterocycles. The lowest BCUT2D eigenvalue weighted by Crippen LogP contribution is -2.26. The molecule has 1 fully saturated rings. The SMILES string of the molecule is COC(=O)c1nc(N2CC(CSC(C)=O)CC2=O)n[nH]1. The number of H-pyrrole nitrogens is 1. The zero-order valence-electron chi connectivity index (χ0n) is 11.1. The molecule has 8 nitrogen and oxygen atoms in total. The van der Waals surface area contributed by atoms with Gasteiger partial charge in [-0.3, -0.25) is 19.6 Å². The molecule has 1 unspecified atom stereocenters. The lowest BCUT2D eigenvalue weighted by molar-refractivity contribution is -0.117. The second-order valence-electron chi connectivity index (χ2n) is 4.35. The maximum Gasteiger partial charge on any atom is 0.375 e. The van der Waals surface area contributed by atoms with Crippen LogP contribution in [0.5, 0.6) is 0 Å². The highest BCUT2D eigenvalue weighted by Crippen LogP contribution is 2.25. The Labute approximate surface area is 119 Å². The van der Waals surface area contributed by atoms with Crippen LogP contribution >= 0.6 is 11.8 Å². The summed E-state index contributed by atoms with van der Waals surface area (Å²) in [5.41, 5.74) is 0. The van der Waals surface area contributed by atoms with E-state index in [9.17, 15) is 14.4 Å². The second-order valence-corrected chi connectivity index (χ2v) is 5.55. The Bertz CT molecular complexity index is 544. The molecule has 1 atom stereocenters. The number of nitrogens with zero attached hydrogens (tertiary/aromatic N) is 3. The van der Waals surface area contributed by atoms with Crippen LogP contribution < -0.4 is 4.90 Å². The third kappa shape index (κ3) is 3.16. The van der Waals surface area contributed by atoms with Crippen LogP contribution in [-0.4, -0.2) is 51.6 Å². The number of aromatic amines is 1. The van der Waals surface area contributed by atoms with E-state index in [1.807, 2.05) is 0 Å². The summed E-state index contributed by atoms with van der Waals surface area (Å²) >= 11 is 1.20. The predicted octanol–water partition coefficient (Wildman–Crippen LogP) is 0.224. The molecule has 2 heterocycles. The lowest BCUT2D eigenvalue weighted by atomic mass is 10.1. The molecule has 1 N–H and O–H groups in total. The summed E-state index contributed by atoms with van der Waals surface area (Å²) < 4.78 is 4.51. The summed E-state index contributed by atoms with van der Waals surface area (Å²) in [6, 6.07) is 0. The number of rotatable bonds is 4. The van der Waals surface area contributed by atoms with Crippen molar-refractivity contribution in [3.63, 3.8) is 0 Å². The van der Waals surface area contributed by atoms with Gasteiger partial charge in [0.1, 0.15) is 0 Å². The quantitative estimate of drug-likeness (QED) is 0.793. The van der Waals surface area contributed by atoms with Gasteiger partial charge in [0.25, 0.3) is 5.95 Å². The Kier molecular flexibility index (Phi) is 4.38. The lowest BCUT2D eigenvalue weighted by Gasteiger charge is -2.11. The largest absolute Gasteiger partial charge is 0.463 e. The van der Waals surface area contributed by atoms with Crippen molar-refractivity contribution < 1.29 is 19.1 Å². The molecule has 0 saturated carbocycles. The predicted molar refractivity (Wildman–Crippen MR) is 71.3 cm³/mol. The average Bonchev–Trinajstić information content (AvgIpc) is 3.01. The maximum absolute atomic E-state index is 11.9. The second kappa shape index (κ2) is 6.04. The fourth-order valence-corrected chi connectivity index (χ4v) is 2.58. The van der Waals surface area contributed by atoms with Crippen molar-refractivity contribution in [2.75, 3.05) is 24.3 Å². The van der Waals surface area contributed by atoms with Crippen molar-refractivity contribution in [3.8, 4) is 0 Å². The molecular weight excluding hydrogens is 284 g/mol. The first kappa shape index (κ1) is 14.5. The number of hydrogen-bond acceptors (Lipinski definition) is 7. The number of anilines is 1. The molecule has 108 valence electrons. The minimum absolute atomic E-state index is 0.0294. The van der Waals surface area contributed by atoms with Gasteiger partial charge in [0.2, 0.25) is 11.7 Å². The molecule has 9 heteroatoms. The Balaban J connectivity index is 2.02. The van der Waals surface area contributed by atoms with Crippen molar-refractivity contribution in [1.29, 1.82) is 0 Å². The zero-order chi connectivity index (χ0) is 14.7. The molecule has 0 radical (unpaired) electrons. The number of esters is 1. The number of amides is 1. The van der Waals surface area contributed by atoms with Gasteiger partial charge < -0.3 is 4.74 Å². The fraction of sp³-hybridized carbons (Fsp3) is 0.545. The van der Waals surface area contributed by atoms with Gasteiger partial charge in [-0.15, -0.1) is 5.10 Å². The van der Waals surface area contributed by atoms with E-state index in [-0.39, 0.29) is 28.7 Å². The van der Waals surface area contributed by atoms with Crippen LogP contribution in [0.2, 0.25) is 0 Å². The highest BCUT2D eigenvalue weighted by atomic mass is 32.2. The molecule has 0 bridgehead atoms. The molecule has 2 rings (SSSR count). The zero-order valence-corrected chi connectivity index (χ0v) is 11.9. The van der Waals surface area contributed by atoms with Crippen LogP contribution in [0.3, 0.4) is 0 Å². The number of carbonyl (C=O) groups excluding carboxylic acids is 3. The summed E-state index contributed by atoms with van der Waals surface area (Å²) in [4.78, 5) is 39.4. The third-order valence-corrected chi connectivity index (χ3v) is 3.87. The number of ether oxygens (including phenoxy) is 1. The molecule has 20 heavy (non-hydrogen) atoms. The van der Waals surface area contributed by atoms with E-state index in [0.29, 0.717) is 18.7 Å². The smallest absolute Gasteiger partial charge is 0.375 e. The first-order valence-electron chi connectivity index (χ1n) is 5.95. The number of carbonyl (C=O) groups is 3. The molecule has 1 aliphatic heterocycles. The van der Waals surface area contributed by atoms with Gasteiger partial charge in [-0.05, 0) is 5.92 Å². The highest BCUT2D eigenvalue weighted by molar-refractivity contribution is 8.13. The summed E-state index contributed by atoms with van der Waals surface area (Å²) in [5, 5.41) is 6.30. The molecule has 0 aromatic carbocycles. The Morgan fingerprint density at radius 1 is 1.55 bits per heavy atom. The van der Waals surface area contributed by atoms with Crippen LogP contribution in [0.1, 0.15) is 24.0 Å². The Morgan fingerprint density at radius 2 is 2.30 bits per heavy atom. The third-order valence-electron chi connectivity index (χ3n) is 2.82. The van der Waals surface area contributed by atoms with Crippen LogP contribution in [-0.2, 0) is 14.3 Å². The van der Waals surface area contributed by atoms with Crippen molar-refractivity contribution in [2.24, 2.45) is 5.92 Å². The molecule has 1 aliphatic rings. The summed E-state index contributed by atoms with van der Waals surface area (Å²) in [7, 11) is 1.24. The fourth-order valence-electron chi connectivity index (χ4n) is 1.88. The van der Waals surface area contributed by atoms with Gasteiger partial charge in [0.05, 0.1) is 7.11 Å². The van der Waals surface area contributed by atoms with E-state index < -0.39 is 5.97 Å². The minimum atomic E-state index is -0.640. The van der Waals surface area contributed by atoms with Gasteiger partial charge in [-0.1, -0.05) is 11.8 Å². The standard InChI is InChI=1S/C11H14N4O4S/c1-6(16)20-5-7-3-8(17)15(4-7)11-12-9(13-14-11)10(18)19-2/h7H,3-5H2,1-2H3,(H,12,13,14). The molecular formula is C11H14N4O4S. The molecule has 1 saturated heterocycles. The number of thioether (sulfide) groups is 1. The summed E-state index contributed by atoms with van der Waals surface area (Å²) in [6.45, 7) is 1.94. The highest BCUT2D eigenvalue weighted by Gasteiger charge is 2.33. The number of aromatic nitrogens is 3. The molecule has 1 amide bonds. The molecule has 0 aliphatic carbocycles. The van der Waals surface area contributed by atoms with E-state index in [1.165, 1.54) is 30.7 Å². The van der Waals surface area contributed by atoms with Gasteiger partial charge in [-0.25, -0.2) is 4.79 Å². The van der Waals surface area contributed by atoms with Crippen LogP contribution in [0.25, 0.3) is 0 Å². The van der Waals surface area contributed by atoms with E-state index in [0.717, 1.165) is 0 Å².